The molecule has 3 atom stereocenters. The fourth-order valence-electron chi connectivity index (χ4n) is 4.05. The minimum atomic E-state index is -1.15. The average Bonchev–Trinajstić information content (AvgIpc) is 3.22. The number of nitrogens with two attached hydrogens (primary N) is 1. The van der Waals surface area contributed by atoms with Gasteiger partial charge in [0.05, 0.1) is 22.9 Å². The number of carbonyl (C=O) groups excluding carboxylic acids is 2. The SMILES string of the molecule is CSc1c2sc(C3=C(C(=O)O)N4C(=O)[C@H]([C@@H](C)O)[C@H]4C3)cn2c[n+]1CC(N)=O. The van der Waals surface area contributed by atoms with Gasteiger partial charge in [-0.3, -0.25) is 9.59 Å². The van der Waals surface area contributed by atoms with E-state index in [-0.39, 0.29) is 24.2 Å². The number of carbonyl (C=O) groups is 3. The molecule has 2 amide bonds. The number of β-lactam (4-membered cyclic amide) rings is 1. The van der Waals surface area contributed by atoms with E-state index in [0.717, 1.165) is 14.7 Å². The van der Waals surface area contributed by atoms with Gasteiger partial charge in [-0.2, -0.15) is 4.40 Å². The number of thiazole rings is 1. The smallest absolute Gasteiger partial charge is 0.352 e. The standard InChI is InChI=1S/C17H18N4O5S2/c1-7(22)12-9-3-8(13(17(25)26)21(9)14(12)24)10-4-19-6-20(5-11(18)23)15(27-2)16(19)28-10/h4,6-7,9,12,22H,3,5H2,1-2H3,(H2-,18,23,25,26)/p+1/t7-,9-,12-/m1/s1. The molecule has 4 N–H and O–H groups in total. The summed E-state index contributed by atoms with van der Waals surface area (Å²) in [4.78, 5) is 38.4. The number of carboxylic acids is 1. The van der Waals surface area contributed by atoms with Crippen LogP contribution in [0.4, 0.5) is 0 Å². The summed E-state index contributed by atoms with van der Waals surface area (Å²) >= 11 is 2.87. The van der Waals surface area contributed by atoms with Crippen molar-refractivity contribution in [3.8, 4) is 0 Å². The maximum absolute atomic E-state index is 12.4. The molecule has 0 radical (unpaired) electrons. The molecule has 11 heteroatoms. The molecule has 0 aliphatic carbocycles. The van der Waals surface area contributed by atoms with E-state index in [1.165, 1.54) is 28.0 Å². The summed E-state index contributed by atoms with van der Waals surface area (Å²) in [6, 6.07) is -0.324. The highest BCUT2D eigenvalue weighted by atomic mass is 32.2. The van der Waals surface area contributed by atoms with Gasteiger partial charge < -0.3 is 20.8 Å². The largest absolute Gasteiger partial charge is 0.477 e. The molecule has 1 fully saturated rings. The summed E-state index contributed by atoms with van der Waals surface area (Å²) in [7, 11) is 0. The van der Waals surface area contributed by atoms with Crippen LogP contribution < -0.4 is 10.3 Å². The molecule has 0 bridgehead atoms. The lowest BCUT2D eigenvalue weighted by Gasteiger charge is -2.44. The van der Waals surface area contributed by atoms with Gasteiger partial charge in [-0.05, 0) is 19.6 Å². The van der Waals surface area contributed by atoms with Gasteiger partial charge in [0.25, 0.3) is 12.2 Å². The molecule has 4 rings (SSSR count). The summed E-state index contributed by atoms with van der Waals surface area (Å²) in [6.07, 6.45) is 5.02. The monoisotopic (exact) mass is 423 g/mol. The van der Waals surface area contributed by atoms with Crippen molar-refractivity contribution >= 4 is 51.3 Å². The number of nitrogens with zero attached hydrogens (tertiary/aromatic N) is 3. The number of fused-ring (bicyclic) bond motifs is 2. The van der Waals surface area contributed by atoms with Gasteiger partial charge in [-0.15, -0.1) is 0 Å². The van der Waals surface area contributed by atoms with Gasteiger partial charge in [-0.1, -0.05) is 23.1 Å². The molecule has 2 aliphatic heterocycles. The van der Waals surface area contributed by atoms with Gasteiger partial charge in [-0.25, -0.2) is 9.36 Å². The highest BCUT2D eigenvalue weighted by molar-refractivity contribution is 7.98. The first-order valence-electron chi connectivity index (χ1n) is 8.58. The van der Waals surface area contributed by atoms with Crippen molar-refractivity contribution in [1.29, 1.82) is 0 Å². The van der Waals surface area contributed by atoms with E-state index in [1.807, 2.05) is 16.9 Å². The Morgan fingerprint density at radius 3 is 2.79 bits per heavy atom. The van der Waals surface area contributed by atoms with Crippen LogP contribution in [0, 0.1) is 5.92 Å². The van der Waals surface area contributed by atoms with Crippen LogP contribution in [0.3, 0.4) is 0 Å². The number of thioether (sulfide) groups is 1. The van der Waals surface area contributed by atoms with Crippen LogP contribution in [0.2, 0.25) is 0 Å². The molecule has 2 aromatic heterocycles. The average molecular weight is 423 g/mol. The summed E-state index contributed by atoms with van der Waals surface area (Å²) in [6.45, 7) is 1.61. The first kappa shape index (κ1) is 19.0. The predicted octanol–water partition coefficient (Wildman–Crippen LogP) is -0.0973. The molecule has 0 saturated carbocycles. The molecular weight excluding hydrogens is 404 g/mol. The Labute approximate surface area is 168 Å². The van der Waals surface area contributed by atoms with Crippen LogP contribution in [0.5, 0.6) is 0 Å². The van der Waals surface area contributed by atoms with Crippen molar-refractivity contribution in [3.05, 3.63) is 23.1 Å². The number of hydrogen-bond donors (Lipinski definition) is 3. The molecule has 0 aromatic carbocycles. The number of aromatic nitrogens is 2. The first-order valence-corrected chi connectivity index (χ1v) is 10.6. The lowest BCUT2D eigenvalue weighted by atomic mass is 9.83. The molecule has 28 heavy (non-hydrogen) atoms. The summed E-state index contributed by atoms with van der Waals surface area (Å²) in [5, 5.41) is 20.4. The van der Waals surface area contributed by atoms with E-state index in [2.05, 4.69) is 0 Å². The Morgan fingerprint density at radius 1 is 1.50 bits per heavy atom. The Hall–Kier alpha value is -2.37. The number of amides is 2. The third-order valence-corrected chi connectivity index (χ3v) is 7.27. The van der Waals surface area contributed by atoms with Gasteiger partial charge in [0.15, 0.2) is 6.54 Å². The minimum absolute atomic E-state index is 0.00730. The lowest BCUT2D eigenvalue weighted by Crippen LogP contribution is -2.61. The van der Waals surface area contributed by atoms with Crippen molar-refractivity contribution < 1.29 is 29.2 Å². The Morgan fingerprint density at radius 2 is 2.21 bits per heavy atom. The number of aliphatic hydroxyl groups is 1. The summed E-state index contributed by atoms with van der Waals surface area (Å²) < 4.78 is 3.59. The van der Waals surface area contributed by atoms with Gasteiger partial charge in [0, 0.05) is 5.57 Å². The zero-order valence-corrected chi connectivity index (χ0v) is 16.8. The van der Waals surface area contributed by atoms with E-state index in [0.29, 0.717) is 12.0 Å². The second-order valence-corrected chi connectivity index (χ2v) is 8.73. The van der Waals surface area contributed by atoms with Gasteiger partial charge in [0.2, 0.25) is 15.8 Å². The fourth-order valence-corrected chi connectivity index (χ4v) is 6.14. The van der Waals surface area contributed by atoms with E-state index in [4.69, 9.17) is 5.73 Å². The zero-order valence-electron chi connectivity index (χ0n) is 15.2. The van der Waals surface area contributed by atoms with Crippen molar-refractivity contribution in [2.45, 2.75) is 37.1 Å². The highest BCUT2D eigenvalue weighted by Crippen LogP contribution is 2.48. The number of rotatable bonds is 6. The van der Waals surface area contributed by atoms with Crippen molar-refractivity contribution in [2.75, 3.05) is 6.26 Å². The number of imidazole rings is 1. The maximum atomic E-state index is 12.4. The summed E-state index contributed by atoms with van der Waals surface area (Å²) in [5.41, 5.74) is 5.89. The van der Waals surface area contributed by atoms with Crippen molar-refractivity contribution in [1.82, 2.24) is 9.30 Å². The van der Waals surface area contributed by atoms with Crippen LogP contribution in [0.25, 0.3) is 10.4 Å². The fraction of sp³-hybridized carbons (Fsp3) is 0.412. The van der Waals surface area contributed by atoms with E-state index in [9.17, 15) is 24.6 Å². The predicted molar refractivity (Wildman–Crippen MR) is 101 cm³/mol. The Kier molecular flexibility index (Phi) is 4.47. The van der Waals surface area contributed by atoms with Crippen LogP contribution in [0.15, 0.2) is 23.2 Å². The van der Waals surface area contributed by atoms with Gasteiger partial charge >= 0.3 is 5.97 Å². The van der Waals surface area contributed by atoms with Gasteiger partial charge in [0.1, 0.15) is 11.9 Å². The number of primary amides is 1. The zero-order chi connectivity index (χ0) is 20.3. The van der Waals surface area contributed by atoms with Crippen LogP contribution in [0.1, 0.15) is 18.2 Å². The summed E-state index contributed by atoms with van der Waals surface area (Å²) in [5.74, 6) is -2.52. The number of carboxylic acid groups (broad SMARTS) is 1. The Bertz CT molecular complexity index is 1050. The second-order valence-electron chi connectivity index (χ2n) is 6.91. The third-order valence-electron chi connectivity index (χ3n) is 5.15. The maximum Gasteiger partial charge on any atom is 0.352 e. The molecule has 9 nitrogen and oxygen atoms in total. The molecule has 1 saturated heterocycles. The minimum Gasteiger partial charge on any atom is -0.477 e. The van der Waals surface area contributed by atoms with Crippen LogP contribution >= 0.6 is 23.1 Å². The van der Waals surface area contributed by atoms with Crippen LogP contribution in [-0.2, 0) is 20.9 Å². The number of aliphatic carboxylic acids is 1. The van der Waals surface area contributed by atoms with E-state index in [1.54, 1.807) is 17.8 Å². The normalized spacial score (nSPS) is 22.5. The molecule has 2 aromatic rings. The second kappa shape index (κ2) is 6.61. The van der Waals surface area contributed by atoms with E-state index < -0.39 is 23.9 Å². The Balaban J connectivity index is 1.77. The van der Waals surface area contributed by atoms with Crippen molar-refractivity contribution in [2.24, 2.45) is 11.7 Å². The lowest BCUT2D eigenvalue weighted by molar-refractivity contribution is -0.717. The first-order chi connectivity index (χ1) is 13.2. The van der Waals surface area contributed by atoms with Crippen LogP contribution in [-0.4, -0.2) is 55.7 Å². The molecular formula is C17H19N4O5S2+. The number of hydrogen-bond acceptors (Lipinski definition) is 6. The molecule has 2 aliphatic rings. The molecule has 148 valence electrons. The highest BCUT2D eigenvalue weighted by Gasteiger charge is 2.57. The third kappa shape index (κ3) is 2.65. The topological polar surface area (TPSA) is 129 Å². The van der Waals surface area contributed by atoms with E-state index >= 15 is 0 Å². The number of aliphatic hydroxyl groups excluding tert-OH is 1. The molecule has 4 heterocycles. The molecule has 0 unspecified atom stereocenters. The van der Waals surface area contributed by atoms with Crippen molar-refractivity contribution in [3.63, 3.8) is 0 Å². The molecule has 0 spiro atoms. The quantitative estimate of drug-likeness (QED) is 0.338.